The molecule has 0 spiro atoms. The van der Waals surface area contributed by atoms with Crippen molar-refractivity contribution in [1.29, 1.82) is 0 Å². The van der Waals surface area contributed by atoms with Gasteiger partial charge in [0.15, 0.2) is 0 Å². The molecule has 51 heavy (non-hydrogen) atoms. The minimum absolute atomic E-state index is 0.262. The van der Waals surface area contributed by atoms with Crippen LogP contribution in [-0.4, -0.2) is 26.4 Å². The summed E-state index contributed by atoms with van der Waals surface area (Å²) < 4.78 is 19.3. The molecule has 0 heterocycles. The zero-order chi connectivity index (χ0) is 34.6. The van der Waals surface area contributed by atoms with Gasteiger partial charge in [-0.05, 0) is 167 Å². The molecule has 4 heteroatoms. The van der Waals surface area contributed by atoms with E-state index in [0.29, 0.717) is 29.9 Å². The second-order valence-corrected chi connectivity index (χ2v) is 16.4. The van der Waals surface area contributed by atoms with E-state index in [1.54, 1.807) is 0 Å². The smallest absolute Gasteiger partial charge is 0.125 e. The topological polar surface area (TPSA) is 47.9 Å². The largest absolute Gasteiger partial charge is 0.507 e. The van der Waals surface area contributed by atoms with E-state index in [-0.39, 0.29) is 5.92 Å². The zero-order valence-electron chi connectivity index (χ0n) is 30.9. The molecule has 5 aliphatic carbocycles. The van der Waals surface area contributed by atoms with E-state index >= 15 is 0 Å². The van der Waals surface area contributed by atoms with E-state index in [4.69, 9.17) is 14.2 Å². The van der Waals surface area contributed by atoms with Gasteiger partial charge in [0.05, 0.1) is 21.3 Å². The highest BCUT2D eigenvalue weighted by Crippen LogP contribution is 2.57. The van der Waals surface area contributed by atoms with Gasteiger partial charge >= 0.3 is 0 Å². The van der Waals surface area contributed by atoms with Gasteiger partial charge in [-0.2, -0.15) is 0 Å². The fourth-order valence-corrected chi connectivity index (χ4v) is 10.7. The number of fused-ring (bicyclic) bond motifs is 8. The Balaban J connectivity index is 1.34. The summed E-state index contributed by atoms with van der Waals surface area (Å²) in [6.07, 6.45) is 17.3. The first-order chi connectivity index (χ1) is 25.0. The number of aryl methyl sites for hydroxylation is 4. The van der Waals surface area contributed by atoms with Crippen LogP contribution in [0.4, 0.5) is 0 Å². The van der Waals surface area contributed by atoms with Crippen LogP contribution in [0.2, 0.25) is 0 Å². The van der Waals surface area contributed by atoms with Crippen LogP contribution in [0.5, 0.6) is 23.0 Å². The van der Waals surface area contributed by atoms with Crippen molar-refractivity contribution in [2.75, 3.05) is 21.3 Å². The lowest BCUT2D eigenvalue weighted by Crippen LogP contribution is -2.24. The van der Waals surface area contributed by atoms with E-state index in [2.05, 4.69) is 48.5 Å². The van der Waals surface area contributed by atoms with Crippen LogP contribution in [0.25, 0.3) is 0 Å². The highest BCUT2D eigenvalue weighted by Gasteiger charge is 2.40. The van der Waals surface area contributed by atoms with Gasteiger partial charge in [-0.25, -0.2) is 0 Å². The van der Waals surface area contributed by atoms with Crippen LogP contribution in [-0.2, 0) is 38.5 Å². The van der Waals surface area contributed by atoms with Crippen LogP contribution in [0.3, 0.4) is 0 Å². The molecular formula is C47H54O4. The molecule has 266 valence electrons. The third kappa shape index (κ3) is 5.82. The summed E-state index contributed by atoms with van der Waals surface area (Å²) in [6, 6.07) is 19.4. The molecule has 4 aromatic rings. The van der Waals surface area contributed by atoms with Gasteiger partial charge in [-0.3, -0.25) is 0 Å². The van der Waals surface area contributed by atoms with E-state index in [1.165, 1.54) is 87.7 Å². The third-order valence-corrected chi connectivity index (χ3v) is 13.4. The standard InChI is InChI=1S/C47H54O4/c1-49-45-33-19-29-11-8-5-9-13-31-21-35(47(51-3)43(25-31)39-17-16-38(39)42(45)24-29)27-34-20-30-12-7-4-6-10-28-18-32(26-33)44(48)40(22-28)36-14-15-37(36)41(23-30)46(34)50-2/h18-25,36-39,48H,4-17,26-27H2,1-3H3/t36-,37+,38+,39-/m1/s1. The first kappa shape index (κ1) is 33.0. The van der Waals surface area contributed by atoms with Crippen molar-refractivity contribution in [1.82, 2.24) is 0 Å². The number of phenolic OH excluding ortho intramolecular Hbond substituents is 1. The fraction of sp³-hybridized carbons (Fsp3) is 0.489. The van der Waals surface area contributed by atoms with Crippen molar-refractivity contribution in [3.05, 3.63) is 115 Å². The number of hydrogen-bond acceptors (Lipinski definition) is 4. The maximum Gasteiger partial charge on any atom is 0.125 e. The maximum absolute atomic E-state index is 12.3. The monoisotopic (exact) mass is 682 g/mol. The first-order valence-electron chi connectivity index (χ1n) is 20.0. The normalized spacial score (nSPS) is 23.6. The summed E-state index contributed by atoms with van der Waals surface area (Å²) in [5.74, 6) is 4.91. The van der Waals surface area contributed by atoms with Crippen molar-refractivity contribution in [3.8, 4) is 23.0 Å². The fourth-order valence-electron chi connectivity index (χ4n) is 10.7. The van der Waals surface area contributed by atoms with Gasteiger partial charge in [-0.1, -0.05) is 61.4 Å². The number of hydrogen-bond donors (Lipinski definition) is 1. The molecule has 2 saturated carbocycles. The molecule has 0 aliphatic heterocycles. The van der Waals surface area contributed by atoms with Crippen LogP contribution < -0.4 is 14.2 Å². The number of benzene rings is 4. The van der Waals surface area contributed by atoms with E-state index in [9.17, 15) is 5.11 Å². The molecule has 9 rings (SSSR count). The van der Waals surface area contributed by atoms with Crippen molar-refractivity contribution in [3.63, 3.8) is 0 Å². The third-order valence-electron chi connectivity index (χ3n) is 13.4. The summed E-state index contributed by atoms with van der Waals surface area (Å²) in [6.45, 7) is 0. The Hall–Kier alpha value is -3.92. The quantitative estimate of drug-likeness (QED) is 0.234. The Labute approximate surface area is 304 Å². The Bertz CT molecular complexity index is 1970. The molecule has 4 aromatic carbocycles. The molecule has 4 atom stereocenters. The molecule has 0 aromatic heterocycles. The number of rotatable bonds is 3. The van der Waals surface area contributed by atoms with Crippen LogP contribution in [0.15, 0.2) is 48.5 Å². The summed E-state index contributed by atoms with van der Waals surface area (Å²) >= 11 is 0. The second kappa shape index (κ2) is 13.6. The SMILES string of the molecule is COc1c2cc3cc1[C@H]1CC[C@H]1c1cc(cc(c1O)Cc1cc4cc(c1OC)[C@H]1CC[C@H]1c1cc(cc(c1OC)C2)CCCCC4)CCCCC3. The Morgan fingerprint density at radius 2 is 0.725 bits per heavy atom. The highest BCUT2D eigenvalue weighted by molar-refractivity contribution is 5.59. The van der Waals surface area contributed by atoms with Crippen molar-refractivity contribution >= 4 is 0 Å². The lowest BCUT2D eigenvalue weighted by molar-refractivity contribution is 0.313. The van der Waals surface area contributed by atoms with Gasteiger partial charge < -0.3 is 19.3 Å². The molecule has 0 amide bonds. The second-order valence-electron chi connectivity index (χ2n) is 16.4. The number of methoxy groups -OCH3 is 3. The maximum atomic E-state index is 12.3. The summed E-state index contributed by atoms with van der Waals surface area (Å²) in [5, 5.41) is 12.3. The lowest BCUT2D eigenvalue weighted by Gasteiger charge is -2.40. The van der Waals surface area contributed by atoms with Crippen LogP contribution in [0, 0.1) is 0 Å². The predicted octanol–water partition coefficient (Wildman–Crippen LogP) is 10.8. The van der Waals surface area contributed by atoms with E-state index in [1.807, 2.05) is 21.3 Å². The van der Waals surface area contributed by atoms with Crippen molar-refractivity contribution < 1.29 is 19.3 Å². The number of aromatic hydroxyl groups is 1. The average Bonchev–Trinajstić information content (AvgIpc) is 3.09. The number of ether oxygens (including phenoxy) is 3. The van der Waals surface area contributed by atoms with Gasteiger partial charge in [0, 0.05) is 12.8 Å². The molecule has 12 bridgehead atoms. The summed E-state index contributed by atoms with van der Waals surface area (Å²) in [7, 11) is 5.59. The van der Waals surface area contributed by atoms with Gasteiger partial charge in [0.1, 0.15) is 23.0 Å². The van der Waals surface area contributed by atoms with Crippen LogP contribution in [0.1, 0.15) is 155 Å². The Morgan fingerprint density at radius 3 is 1.08 bits per heavy atom. The van der Waals surface area contributed by atoms with E-state index in [0.717, 1.165) is 92.6 Å². The van der Waals surface area contributed by atoms with Crippen molar-refractivity contribution in [2.24, 2.45) is 0 Å². The summed E-state index contributed by atoms with van der Waals surface area (Å²) in [5.41, 5.74) is 15.6. The Morgan fingerprint density at radius 1 is 0.412 bits per heavy atom. The predicted molar refractivity (Wildman–Crippen MR) is 205 cm³/mol. The molecular weight excluding hydrogens is 629 g/mol. The number of phenols is 1. The molecule has 0 radical (unpaired) electrons. The highest BCUT2D eigenvalue weighted by atomic mass is 16.5. The van der Waals surface area contributed by atoms with Crippen LogP contribution >= 0.6 is 0 Å². The average molecular weight is 683 g/mol. The molecule has 0 unspecified atom stereocenters. The Kier molecular flexibility index (Phi) is 8.77. The molecule has 0 saturated heterocycles. The minimum Gasteiger partial charge on any atom is -0.507 e. The summed E-state index contributed by atoms with van der Waals surface area (Å²) in [4.78, 5) is 0. The van der Waals surface area contributed by atoms with Gasteiger partial charge in [0.2, 0.25) is 0 Å². The zero-order valence-corrected chi connectivity index (χ0v) is 30.9. The molecule has 1 N–H and O–H groups in total. The minimum atomic E-state index is 0.262. The van der Waals surface area contributed by atoms with Crippen molar-refractivity contribution in [2.45, 2.75) is 126 Å². The van der Waals surface area contributed by atoms with Gasteiger partial charge in [0.25, 0.3) is 0 Å². The first-order valence-corrected chi connectivity index (χ1v) is 20.0. The lowest BCUT2D eigenvalue weighted by atomic mass is 9.64. The van der Waals surface area contributed by atoms with Gasteiger partial charge in [-0.15, -0.1) is 0 Å². The van der Waals surface area contributed by atoms with E-state index < -0.39 is 0 Å². The molecule has 2 fully saturated rings. The molecule has 5 aliphatic rings. The molecule has 4 nitrogen and oxygen atoms in total.